The zero-order valence-electron chi connectivity index (χ0n) is 17.1. The quantitative estimate of drug-likeness (QED) is 0.662. The number of methoxy groups -OCH3 is 4. The predicted octanol–water partition coefficient (Wildman–Crippen LogP) is 4.03. The molecule has 2 rings (SSSR count). The Bertz CT molecular complexity index is 828. The first kappa shape index (κ1) is 21.4. The Morgan fingerprint density at radius 2 is 1.46 bits per heavy atom. The molecular weight excluding hydrogens is 360 g/mol. The van der Waals surface area contributed by atoms with E-state index >= 15 is 0 Å². The molecule has 0 bridgehead atoms. The lowest BCUT2D eigenvalue weighted by Gasteiger charge is -2.21. The molecule has 0 atom stereocenters. The van der Waals surface area contributed by atoms with E-state index in [9.17, 15) is 4.79 Å². The van der Waals surface area contributed by atoms with Gasteiger partial charge >= 0.3 is 5.97 Å². The number of ether oxygens (including phenoxy) is 4. The zero-order valence-corrected chi connectivity index (χ0v) is 17.1. The molecule has 0 spiro atoms. The molecule has 0 aliphatic rings. The highest BCUT2D eigenvalue weighted by atomic mass is 16.5. The van der Waals surface area contributed by atoms with Crippen molar-refractivity contribution in [3.8, 4) is 23.0 Å². The van der Waals surface area contributed by atoms with Gasteiger partial charge in [-0.3, -0.25) is 4.79 Å². The van der Waals surface area contributed by atoms with Crippen molar-refractivity contribution < 1.29 is 28.8 Å². The monoisotopic (exact) mass is 388 g/mol. The summed E-state index contributed by atoms with van der Waals surface area (Å²) in [5.74, 6) is 1.47. The van der Waals surface area contributed by atoms with E-state index in [0.29, 0.717) is 35.8 Å². The number of hydrogen-bond acceptors (Lipinski definition) is 5. The van der Waals surface area contributed by atoms with E-state index in [1.165, 1.54) is 0 Å². The van der Waals surface area contributed by atoms with E-state index < -0.39 is 5.97 Å². The van der Waals surface area contributed by atoms with Crippen molar-refractivity contribution in [3.63, 3.8) is 0 Å². The van der Waals surface area contributed by atoms with Crippen LogP contribution in [0.1, 0.15) is 35.1 Å². The van der Waals surface area contributed by atoms with E-state index in [-0.39, 0.29) is 6.42 Å². The Labute approximate surface area is 166 Å². The van der Waals surface area contributed by atoms with Crippen LogP contribution >= 0.6 is 0 Å². The fourth-order valence-electron chi connectivity index (χ4n) is 3.41. The second kappa shape index (κ2) is 9.88. The van der Waals surface area contributed by atoms with Crippen LogP contribution in [0.25, 0.3) is 0 Å². The Morgan fingerprint density at radius 3 is 2.04 bits per heavy atom. The van der Waals surface area contributed by atoms with Gasteiger partial charge < -0.3 is 24.1 Å². The van der Waals surface area contributed by atoms with Crippen molar-refractivity contribution in [3.05, 3.63) is 46.5 Å². The molecule has 6 heteroatoms. The van der Waals surface area contributed by atoms with Crippen LogP contribution in [0, 0.1) is 6.92 Å². The fraction of sp³-hybridized carbons (Fsp3) is 0.409. The third-order valence-electron chi connectivity index (χ3n) is 4.73. The third-order valence-corrected chi connectivity index (χ3v) is 4.73. The number of aryl methyl sites for hydroxylation is 1. The van der Waals surface area contributed by atoms with Crippen molar-refractivity contribution in [1.29, 1.82) is 0 Å². The molecule has 0 aromatic heterocycles. The summed E-state index contributed by atoms with van der Waals surface area (Å²) in [6, 6.07) is 8.16. The number of benzene rings is 2. The summed E-state index contributed by atoms with van der Waals surface area (Å²) >= 11 is 0. The van der Waals surface area contributed by atoms with Crippen molar-refractivity contribution in [1.82, 2.24) is 0 Å². The van der Waals surface area contributed by atoms with E-state index in [2.05, 4.69) is 6.07 Å². The molecule has 0 radical (unpaired) electrons. The minimum atomic E-state index is -0.770. The Balaban J connectivity index is 2.41. The van der Waals surface area contributed by atoms with Gasteiger partial charge in [0.25, 0.3) is 0 Å². The lowest BCUT2D eigenvalue weighted by molar-refractivity contribution is -0.137. The maximum absolute atomic E-state index is 10.7. The van der Waals surface area contributed by atoms with Crippen LogP contribution in [0.3, 0.4) is 0 Å². The molecule has 0 fully saturated rings. The maximum Gasteiger partial charge on any atom is 0.303 e. The standard InChI is InChI=1S/C22H28O6/c1-14-17(20(26-3)22(28-5)21(27-4)19(14)25-2)13-16-10-6-8-15(12-16)9-7-11-18(23)24/h6,8,10,12H,7,9,11,13H2,1-5H3,(H,23,24). The van der Waals surface area contributed by atoms with E-state index in [4.69, 9.17) is 24.1 Å². The largest absolute Gasteiger partial charge is 0.492 e. The number of carboxylic acid groups (broad SMARTS) is 1. The van der Waals surface area contributed by atoms with Crippen LogP contribution in [0.5, 0.6) is 23.0 Å². The molecule has 2 aromatic carbocycles. The van der Waals surface area contributed by atoms with E-state index in [1.807, 2.05) is 25.1 Å². The molecule has 0 amide bonds. The second-order valence-electron chi connectivity index (χ2n) is 6.48. The van der Waals surface area contributed by atoms with Gasteiger partial charge in [-0.1, -0.05) is 24.3 Å². The molecule has 2 aromatic rings. The predicted molar refractivity (Wildman–Crippen MR) is 107 cm³/mol. The number of aliphatic carboxylic acids is 1. The van der Waals surface area contributed by atoms with Crippen LogP contribution in [0.4, 0.5) is 0 Å². The Morgan fingerprint density at radius 1 is 0.893 bits per heavy atom. The average molecular weight is 388 g/mol. The molecule has 6 nitrogen and oxygen atoms in total. The lowest BCUT2D eigenvalue weighted by atomic mass is 9.95. The smallest absolute Gasteiger partial charge is 0.303 e. The van der Waals surface area contributed by atoms with Crippen LogP contribution < -0.4 is 18.9 Å². The van der Waals surface area contributed by atoms with E-state index in [1.54, 1.807) is 28.4 Å². The van der Waals surface area contributed by atoms with Crippen molar-refractivity contribution in [2.45, 2.75) is 32.6 Å². The van der Waals surface area contributed by atoms with Crippen molar-refractivity contribution in [2.75, 3.05) is 28.4 Å². The summed E-state index contributed by atoms with van der Waals surface area (Å²) in [6.45, 7) is 1.97. The molecule has 152 valence electrons. The van der Waals surface area contributed by atoms with Gasteiger partial charge in [0.1, 0.15) is 0 Å². The average Bonchev–Trinajstić information content (AvgIpc) is 2.68. The summed E-state index contributed by atoms with van der Waals surface area (Å²) in [4.78, 5) is 10.7. The topological polar surface area (TPSA) is 74.2 Å². The first-order valence-corrected chi connectivity index (χ1v) is 9.11. The highest BCUT2D eigenvalue weighted by molar-refractivity contribution is 5.67. The van der Waals surface area contributed by atoms with Gasteiger partial charge in [0, 0.05) is 24.0 Å². The number of carboxylic acids is 1. The molecule has 0 aliphatic carbocycles. The molecule has 0 saturated heterocycles. The van der Waals surface area contributed by atoms with Gasteiger partial charge in [-0.25, -0.2) is 0 Å². The SMILES string of the molecule is COc1c(C)c(Cc2cccc(CCCC(=O)O)c2)c(OC)c(OC)c1OC. The summed E-state index contributed by atoms with van der Waals surface area (Å²) in [5, 5.41) is 8.82. The van der Waals surface area contributed by atoms with Crippen LogP contribution in [0.15, 0.2) is 24.3 Å². The second-order valence-corrected chi connectivity index (χ2v) is 6.48. The lowest BCUT2D eigenvalue weighted by Crippen LogP contribution is -2.05. The number of rotatable bonds is 10. The Kier molecular flexibility index (Phi) is 7.55. The van der Waals surface area contributed by atoms with Crippen molar-refractivity contribution in [2.24, 2.45) is 0 Å². The van der Waals surface area contributed by atoms with Gasteiger partial charge in [-0.05, 0) is 30.9 Å². The first-order chi connectivity index (χ1) is 13.5. The molecule has 0 saturated carbocycles. The fourth-order valence-corrected chi connectivity index (χ4v) is 3.41. The summed E-state index contributed by atoms with van der Waals surface area (Å²) in [5.41, 5.74) is 4.10. The first-order valence-electron chi connectivity index (χ1n) is 9.11. The van der Waals surface area contributed by atoms with Crippen LogP contribution in [0.2, 0.25) is 0 Å². The molecule has 0 heterocycles. The van der Waals surface area contributed by atoms with Gasteiger partial charge in [0.05, 0.1) is 28.4 Å². The molecule has 0 aliphatic heterocycles. The van der Waals surface area contributed by atoms with Gasteiger partial charge in [0.2, 0.25) is 11.5 Å². The van der Waals surface area contributed by atoms with Crippen molar-refractivity contribution >= 4 is 5.97 Å². The molecule has 0 unspecified atom stereocenters. The highest BCUT2D eigenvalue weighted by Crippen LogP contribution is 2.49. The minimum Gasteiger partial charge on any atom is -0.492 e. The van der Waals surface area contributed by atoms with Crippen LogP contribution in [-0.2, 0) is 17.6 Å². The van der Waals surface area contributed by atoms with Gasteiger partial charge in [0.15, 0.2) is 11.5 Å². The van der Waals surface area contributed by atoms with Gasteiger partial charge in [-0.15, -0.1) is 0 Å². The summed E-state index contributed by atoms with van der Waals surface area (Å²) in [7, 11) is 6.35. The summed E-state index contributed by atoms with van der Waals surface area (Å²) < 4.78 is 22.3. The highest BCUT2D eigenvalue weighted by Gasteiger charge is 2.25. The zero-order chi connectivity index (χ0) is 20.7. The summed E-state index contributed by atoms with van der Waals surface area (Å²) in [6.07, 6.45) is 2.14. The number of carbonyl (C=O) groups is 1. The Hall–Kier alpha value is -2.89. The minimum absolute atomic E-state index is 0.171. The maximum atomic E-state index is 10.7. The molecular formula is C22H28O6. The van der Waals surface area contributed by atoms with E-state index in [0.717, 1.165) is 28.7 Å². The molecule has 28 heavy (non-hydrogen) atoms. The molecule has 1 N–H and O–H groups in total. The van der Waals surface area contributed by atoms with Gasteiger partial charge in [-0.2, -0.15) is 0 Å². The number of hydrogen-bond donors (Lipinski definition) is 1. The third kappa shape index (κ3) is 4.68. The normalized spacial score (nSPS) is 10.5. The van der Waals surface area contributed by atoms with Crippen LogP contribution in [-0.4, -0.2) is 39.5 Å².